The number of hydrogen-bond acceptors (Lipinski definition) is 11. The van der Waals surface area contributed by atoms with E-state index in [0.717, 1.165) is 0 Å². The van der Waals surface area contributed by atoms with Gasteiger partial charge in [-0.2, -0.15) is 0 Å². The summed E-state index contributed by atoms with van der Waals surface area (Å²) in [6.07, 6.45) is 3.56. The SMILES string of the molecule is CCOC(=O)C=CCC[C@H](NC(=O)c1cc(C)on1)C(=O)N[C@@H](CCC(N)=O)C(=O)N1CCC[C@H]1C(=O)N[C@@H](CC(C)C)C(=O)OC. The van der Waals surface area contributed by atoms with E-state index in [1.54, 1.807) is 13.8 Å². The number of ether oxygens (including phenoxy) is 2. The molecule has 1 aromatic rings. The number of nitrogens with zero attached hydrogens (tertiary/aromatic N) is 2. The number of esters is 2. The number of aryl methyl sites for hydroxylation is 1. The highest BCUT2D eigenvalue weighted by Crippen LogP contribution is 2.21. The van der Waals surface area contributed by atoms with Crippen molar-refractivity contribution in [2.75, 3.05) is 20.3 Å². The van der Waals surface area contributed by atoms with Crippen molar-refractivity contribution < 1.29 is 47.6 Å². The lowest BCUT2D eigenvalue weighted by Crippen LogP contribution is -2.57. The third-order valence-corrected chi connectivity index (χ3v) is 7.29. The van der Waals surface area contributed by atoms with Gasteiger partial charge in [0.15, 0.2) is 5.69 Å². The molecule has 0 unspecified atom stereocenters. The van der Waals surface area contributed by atoms with Gasteiger partial charge >= 0.3 is 11.9 Å². The molecular formula is C31H46N6O10. The maximum atomic E-state index is 13.8. The highest BCUT2D eigenvalue weighted by Gasteiger charge is 2.39. The topological polar surface area (TPSA) is 229 Å². The largest absolute Gasteiger partial charge is 0.467 e. The van der Waals surface area contributed by atoms with Crippen molar-refractivity contribution >= 4 is 41.5 Å². The lowest BCUT2D eigenvalue weighted by atomic mass is 10.0. The summed E-state index contributed by atoms with van der Waals surface area (Å²) in [6, 6.07) is -2.95. The molecule has 1 aliphatic rings. The molecule has 5 amide bonds. The summed E-state index contributed by atoms with van der Waals surface area (Å²) in [5.74, 6) is -4.10. The van der Waals surface area contributed by atoms with Gasteiger partial charge in [-0.3, -0.25) is 24.0 Å². The average molecular weight is 663 g/mol. The van der Waals surface area contributed by atoms with E-state index in [-0.39, 0.29) is 50.4 Å². The molecule has 2 heterocycles. The molecular weight excluding hydrogens is 616 g/mol. The quantitative estimate of drug-likeness (QED) is 0.124. The minimum Gasteiger partial charge on any atom is -0.467 e. The monoisotopic (exact) mass is 662 g/mol. The van der Waals surface area contributed by atoms with Crippen LogP contribution in [0.4, 0.5) is 0 Å². The van der Waals surface area contributed by atoms with Crippen molar-refractivity contribution in [3.8, 4) is 0 Å². The van der Waals surface area contributed by atoms with Crippen LogP contribution in [0.25, 0.3) is 0 Å². The Morgan fingerprint density at radius 1 is 1.09 bits per heavy atom. The molecule has 0 saturated carbocycles. The number of aromatic nitrogens is 1. The van der Waals surface area contributed by atoms with Crippen molar-refractivity contribution in [3.63, 3.8) is 0 Å². The van der Waals surface area contributed by atoms with Gasteiger partial charge in [0.25, 0.3) is 5.91 Å². The summed E-state index contributed by atoms with van der Waals surface area (Å²) in [5.41, 5.74) is 5.28. The first-order valence-electron chi connectivity index (χ1n) is 15.6. The van der Waals surface area contributed by atoms with Crippen LogP contribution in [0.5, 0.6) is 0 Å². The van der Waals surface area contributed by atoms with Gasteiger partial charge in [-0.15, -0.1) is 0 Å². The molecule has 0 spiro atoms. The summed E-state index contributed by atoms with van der Waals surface area (Å²) < 4.78 is 14.6. The predicted octanol–water partition coefficient (Wildman–Crippen LogP) is 0.426. The first kappa shape index (κ1) is 38.4. The summed E-state index contributed by atoms with van der Waals surface area (Å²) in [4.78, 5) is 90.6. The Kier molecular flexibility index (Phi) is 15.6. The highest BCUT2D eigenvalue weighted by atomic mass is 16.5. The summed E-state index contributed by atoms with van der Waals surface area (Å²) in [7, 11) is 1.22. The summed E-state index contributed by atoms with van der Waals surface area (Å²) in [5, 5.41) is 11.5. The molecule has 16 nitrogen and oxygen atoms in total. The second-order valence-corrected chi connectivity index (χ2v) is 11.6. The van der Waals surface area contributed by atoms with Gasteiger partial charge < -0.3 is 40.6 Å². The number of primary amides is 1. The zero-order valence-electron chi connectivity index (χ0n) is 27.5. The van der Waals surface area contributed by atoms with E-state index in [4.69, 9.17) is 19.7 Å². The van der Waals surface area contributed by atoms with Crippen LogP contribution in [0.15, 0.2) is 22.7 Å². The molecule has 1 aliphatic heterocycles. The Bertz CT molecular complexity index is 1310. The van der Waals surface area contributed by atoms with E-state index in [1.165, 1.54) is 30.2 Å². The zero-order valence-corrected chi connectivity index (χ0v) is 27.5. The Morgan fingerprint density at radius 2 is 1.81 bits per heavy atom. The van der Waals surface area contributed by atoms with Crippen LogP contribution in [0.3, 0.4) is 0 Å². The van der Waals surface area contributed by atoms with Crippen LogP contribution in [0.2, 0.25) is 0 Å². The minimum absolute atomic E-state index is 0.0144. The zero-order chi connectivity index (χ0) is 35.1. The fourth-order valence-corrected chi connectivity index (χ4v) is 5.02. The van der Waals surface area contributed by atoms with Crippen molar-refractivity contribution in [2.45, 2.75) is 96.8 Å². The third-order valence-electron chi connectivity index (χ3n) is 7.29. The van der Waals surface area contributed by atoms with Crippen molar-refractivity contribution in [3.05, 3.63) is 29.7 Å². The third kappa shape index (κ3) is 12.5. The predicted molar refractivity (Wildman–Crippen MR) is 166 cm³/mol. The van der Waals surface area contributed by atoms with E-state index in [1.807, 2.05) is 13.8 Å². The smallest absolute Gasteiger partial charge is 0.330 e. The van der Waals surface area contributed by atoms with Crippen molar-refractivity contribution in [1.29, 1.82) is 0 Å². The van der Waals surface area contributed by atoms with Gasteiger partial charge in [0.2, 0.25) is 23.6 Å². The number of nitrogens with two attached hydrogens (primary N) is 1. The number of likely N-dealkylation sites (tertiary alicyclic amines) is 1. The molecule has 0 radical (unpaired) electrons. The van der Waals surface area contributed by atoms with Crippen molar-refractivity contribution in [1.82, 2.24) is 26.0 Å². The molecule has 16 heteroatoms. The minimum atomic E-state index is -1.28. The van der Waals surface area contributed by atoms with Crippen LogP contribution >= 0.6 is 0 Å². The van der Waals surface area contributed by atoms with E-state index >= 15 is 0 Å². The first-order chi connectivity index (χ1) is 22.3. The van der Waals surface area contributed by atoms with E-state index in [0.29, 0.717) is 25.0 Å². The molecule has 1 aromatic heterocycles. The van der Waals surface area contributed by atoms with Crippen LogP contribution in [0.1, 0.15) is 82.0 Å². The van der Waals surface area contributed by atoms with Gasteiger partial charge in [-0.25, -0.2) is 9.59 Å². The fraction of sp³-hybridized carbons (Fsp3) is 0.613. The molecule has 2 rings (SSSR count). The van der Waals surface area contributed by atoms with Crippen LogP contribution in [-0.4, -0.2) is 96.0 Å². The Hall–Kier alpha value is -4.76. The van der Waals surface area contributed by atoms with Crippen molar-refractivity contribution in [2.24, 2.45) is 11.7 Å². The molecule has 47 heavy (non-hydrogen) atoms. The lowest BCUT2D eigenvalue weighted by Gasteiger charge is -2.30. The van der Waals surface area contributed by atoms with Gasteiger partial charge in [0, 0.05) is 25.1 Å². The number of hydrogen-bond donors (Lipinski definition) is 4. The standard InChI is InChI=1S/C31H46N6O10/c1-6-46-26(39)12-8-7-10-20(33-28(41)22-17-19(4)47-36-22)27(40)34-21(13-14-25(32)38)30(43)37-15-9-11-24(37)29(42)35-23(16-18(2)3)31(44)45-5/h8,12,17-18,20-21,23-24H,6-7,9-11,13-16H2,1-5H3,(H2,32,38)(H,33,41)(H,34,40)(H,35,42)/t20-,21-,23-,24-/m0/s1. The Labute approximate surface area is 273 Å². The Morgan fingerprint density at radius 3 is 2.40 bits per heavy atom. The number of allylic oxidation sites excluding steroid dienone is 1. The second-order valence-electron chi connectivity index (χ2n) is 11.6. The molecule has 1 fully saturated rings. The average Bonchev–Trinajstić information content (AvgIpc) is 3.69. The van der Waals surface area contributed by atoms with Gasteiger partial charge in [0.1, 0.15) is 29.9 Å². The molecule has 1 saturated heterocycles. The number of nitrogens with one attached hydrogen (secondary N) is 3. The lowest BCUT2D eigenvalue weighted by molar-refractivity contribution is -0.147. The maximum absolute atomic E-state index is 13.8. The normalized spacial score (nSPS) is 16.3. The molecule has 260 valence electrons. The number of carbonyl (C=O) groups is 7. The molecule has 5 N–H and O–H groups in total. The molecule has 0 aliphatic carbocycles. The molecule has 0 aromatic carbocycles. The number of carbonyl (C=O) groups excluding carboxylic acids is 7. The number of rotatable bonds is 18. The van der Waals surface area contributed by atoms with Crippen LogP contribution < -0.4 is 21.7 Å². The van der Waals surface area contributed by atoms with Crippen LogP contribution in [-0.2, 0) is 38.2 Å². The van der Waals surface area contributed by atoms with Gasteiger partial charge in [-0.05, 0) is 58.3 Å². The summed E-state index contributed by atoms with van der Waals surface area (Å²) >= 11 is 0. The fourth-order valence-electron chi connectivity index (χ4n) is 5.02. The number of amides is 5. The molecule has 4 atom stereocenters. The number of methoxy groups -OCH3 is 1. The molecule has 0 bridgehead atoms. The Balaban J connectivity index is 2.27. The van der Waals surface area contributed by atoms with E-state index in [2.05, 4.69) is 21.1 Å². The first-order valence-corrected chi connectivity index (χ1v) is 15.6. The van der Waals surface area contributed by atoms with Gasteiger partial charge in [0.05, 0.1) is 13.7 Å². The highest BCUT2D eigenvalue weighted by molar-refractivity contribution is 5.98. The maximum Gasteiger partial charge on any atom is 0.330 e. The van der Waals surface area contributed by atoms with E-state index < -0.39 is 65.6 Å². The van der Waals surface area contributed by atoms with E-state index in [9.17, 15) is 33.6 Å². The van der Waals surface area contributed by atoms with Gasteiger partial charge in [-0.1, -0.05) is 25.1 Å². The second kappa shape index (κ2) is 19.0. The van der Waals surface area contributed by atoms with Crippen LogP contribution in [0, 0.1) is 12.8 Å². The summed E-state index contributed by atoms with van der Waals surface area (Å²) in [6.45, 7) is 7.40.